The van der Waals surface area contributed by atoms with Crippen LogP contribution in [0.1, 0.15) is 73.6 Å². The van der Waals surface area contributed by atoms with Crippen molar-refractivity contribution >= 4 is 35.1 Å². The van der Waals surface area contributed by atoms with Gasteiger partial charge in [0.05, 0.1) is 22.5 Å². The van der Waals surface area contributed by atoms with Crippen LogP contribution in [0.25, 0.3) is 0 Å². The molecule has 0 spiro atoms. The fourth-order valence-corrected chi connectivity index (χ4v) is 8.47. The average molecular weight is 670 g/mol. The van der Waals surface area contributed by atoms with Gasteiger partial charge in [-0.1, -0.05) is 63.6 Å². The third kappa shape index (κ3) is 5.99. The number of halogens is 1. The van der Waals surface area contributed by atoms with Crippen molar-refractivity contribution < 1.29 is 19.1 Å². The number of piperazine rings is 1. The van der Waals surface area contributed by atoms with Gasteiger partial charge in [0, 0.05) is 56.0 Å². The molecule has 2 N–H and O–H groups in total. The second-order valence-corrected chi connectivity index (χ2v) is 14.5. The van der Waals surface area contributed by atoms with Crippen molar-refractivity contribution in [2.45, 2.75) is 65.1 Å². The molecule has 11 nitrogen and oxygen atoms in total. The van der Waals surface area contributed by atoms with Gasteiger partial charge in [0.2, 0.25) is 11.8 Å². The van der Waals surface area contributed by atoms with E-state index in [0.29, 0.717) is 41.5 Å². The lowest BCUT2D eigenvalue weighted by Gasteiger charge is -2.65. The largest absolute Gasteiger partial charge is 0.489 e. The Labute approximate surface area is 285 Å². The number of carbonyl (C=O) groups is 3. The lowest BCUT2D eigenvalue weighted by atomic mass is 9.48. The molecule has 2 aromatic carbocycles. The maximum absolute atomic E-state index is 14.4. The Morgan fingerprint density at radius 2 is 1.73 bits per heavy atom. The van der Waals surface area contributed by atoms with Gasteiger partial charge < -0.3 is 15.4 Å². The van der Waals surface area contributed by atoms with Gasteiger partial charge in [0.15, 0.2) is 11.5 Å². The normalized spacial score (nSPS) is 23.7. The summed E-state index contributed by atoms with van der Waals surface area (Å²) < 4.78 is 6.44. The number of amides is 3. The van der Waals surface area contributed by atoms with Crippen LogP contribution in [-0.2, 0) is 16.1 Å². The van der Waals surface area contributed by atoms with Crippen molar-refractivity contribution in [3.05, 3.63) is 82.0 Å². The zero-order valence-electron chi connectivity index (χ0n) is 27.6. The lowest BCUT2D eigenvalue weighted by molar-refractivity contribution is -0.215. The van der Waals surface area contributed by atoms with Gasteiger partial charge >= 0.3 is 0 Å². The number of nitriles is 1. The highest BCUT2D eigenvalue weighted by Gasteiger charge is 2.68. The fourth-order valence-electron chi connectivity index (χ4n) is 8.25. The molecule has 3 amide bonds. The van der Waals surface area contributed by atoms with E-state index in [4.69, 9.17) is 22.1 Å². The second-order valence-electron chi connectivity index (χ2n) is 14.1. The molecule has 3 aliphatic rings. The van der Waals surface area contributed by atoms with E-state index in [2.05, 4.69) is 32.1 Å². The summed E-state index contributed by atoms with van der Waals surface area (Å²) in [5.74, 6) is -0.0991. The molecular weight excluding hydrogens is 630 g/mol. The zero-order chi connectivity index (χ0) is 34.4. The van der Waals surface area contributed by atoms with Gasteiger partial charge in [-0.3, -0.25) is 24.2 Å². The van der Waals surface area contributed by atoms with Crippen molar-refractivity contribution in [2.24, 2.45) is 16.6 Å². The quantitative estimate of drug-likeness (QED) is 0.342. The molecule has 1 unspecified atom stereocenters. The number of nitrogens with zero attached hydrogens (tertiary/aromatic N) is 6. The van der Waals surface area contributed by atoms with E-state index in [1.807, 2.05) is 45.9 Å². The number of rotatable bonds is 8. The molecule has 250 valence electrons. The number of likely N-dealkylation sites (tertiary alicyclic amines) is 1. The minimum atomic E-state index is -0.606. The van der Waals surface area contributed by atoms with E-state index in [1.54, 1.807) is 30.3 Å². The van der Waals surface area contributed by atoms with Gasteiger partial charge in [0.1, 0.15) is 17.9 Å². The Hall–Kier alpha value is -4.53. The summed E-state index contributed by atoms with van der Waals surface area (Å²) in [5, 5.41) is 17.7. The van der Waals surface area contributed by atoms with Crippen LogP contribution in [0.2, 0.25) is 5.02 Å². The monoisotopic (exact) mass is 669 g/mol. The topological polar surface area (TPSA) is 146 Å². The molecule has 3 fully saturated rings. The number of nitrogens with two attached hydrogens (primary N) is 1. The van der Waals surface area contributed by atoms with E-state index in [9.17, 15) is 19.6 Å². The molecule has 2 saturated heterocycles. The molecule has 1 saturated carbocycles. The molecule has 3 heterocycles. The third-order valence-corrected chi connectivity index (χ3v) is 10.5. The number of hydrogen-bond donors (Lipinski definition) is 1. The van der Waals surface area contributed by atoms with Gasteiger partial charge in [-0.25, -0.2) is 0 Å². The summed E-state index contributed by atoms with van der Waals surface area (Å²) in [5.41, 5.74) is 6.76. The zero-order valence-corrected chi connectivity index (χ0v) is 28.4. The molecule has 1 atom stereocenters. The van der Waals surface area contributed by atoms with Crippen LogP contribution in [0.3, 0.4) is 0 Å². The molecule has 0 radical (unpaired) electrons. The van der Waals surface area contributed by atoms with Crippen molar-refractivity contribution in [3.63, 3.8) is 0 Å². The van der Waals surface area contributed by atoms with E-state index in [-0.39, 0.29) is 29.7 Å². The highest BCUT2D eigenvalue weighted by atomic mass is 35.5. The van der Waals surface area contributed by atoms with Gasteiger partial charge in [-0.2, -0.15) is 5.26 Å². The molecule has 2 aliphatic heterocycles. The molecule has 3 aromatic rings. The van der Waals surface area contributed by atoms with Crippen LogP contribution < -0.4 is 15.4 Å². The van der Waals surface area contributed by atoms with Crippen LogP contribution >= 0.6 is 11.6 Å². The van der Waals surface area contributed by atoms with Crippen molar-refractivity contribution in [3.8, 4) is 11.8 Å². The van der Waals surface area contributed by atoms with Crippen molar-refractivity contribution in [2.75, 3.05) is 31.1 Å². The van der Waals surface area contributed by atoms with Gasteiger partial charge in [-0.05, 0) is 41.8 Å². The summed E-state index contributed by atoms with van der Waals surface area (Å²) >= 11 is 6.28. The maximum Gasteiger partial charge on any atom is 0.269 e. The van der Waals surface area contributed by atoms with Crippen LogP contribution in [0.5, 0.6) is 5.75 Å². The molecule has 0 bridgehead atoms. The number of benzene rings is 2. The number of primary amides is 1. The highest BCUT2D eigenvalue weighted by molar-refractivity contribution is 6.31. The summed E-state index contributed by atoms with van der Waals surface area (Å²) in [7, 11) is 0. The Bertz CT molecular complexity index is 1760. The molecule has 12 heteroatoms. The first-order chi connectivity index (χ1) is 22.8. The Morgan fingerprint density at radius 3 is 2.35 bits per heavy atom. The number of anilines is 1. The number of ether oxygens (including phenoxy) is 1. The number of piperidine rings is 1. The number of carbonyl (C=O) groups excluding carboxylic acids is 3. The molecular formula is C36H40ClN7O4. The first-order valence-electron chi connectivity index (χ1n) is 16.2. The lowest BCUT2D eigenvalue weighted by Crippen LogP contribution is -2.76. The number of aromatic nitrogens is 2. The van der Waals surface area contributed by atoms with Gasteiger partial charge in [0.25, 0.3) is 5.91 Å². The second kappa shape index (κ2) is 12.8. The van der Waals surface area contributed by atoms with Crippen molar-refractivity contribution in [1.82, 2.24) is 20.0 Å². The van der Waals surface area contributed by atoms with E-state index in [0.717, 1.165) is 37.3 Å². The first kappa shape index (κ1) is 33.4. The smallest absolute Gasteiger partial charge is 0.269 e. The Balaban J connectivity index is 1.16. The minimum Gasteiger partial charge on any atom is -0.489 e. The van der Waals surface area contributed by atoms with Gasteiger partial charge in [-0.15, -0.1) is 10.2 Å². The van der Waals surface area contributed by atoms with E-state index in [1.165, 1.54) is 4.90 Å². The van der Waals surface area contributed by atoms with Crippen LogP contribution in [0, 0.1) is 22.2 Å². The number of hydrogen-bond acceptors (Lipinski definition) is 9. The SMILES string of the molecule is CC1(C)C(Oc2ccc(C#N)c(Cl)c2)C(C)(C)C1N1C(=O)CCC(c2ccccc2CN2CCN(c3ccc(C(N)=O)nn3)CC2)C1=O. The molecule has 1 aromatic heterocycles. The van der Waals surface area contributed by atoms with E-state index >= 15 is 0 Å². The van der Waals surface area contributed by atoms with Crippen molar-refractivity contribution in [1.29, 1.82) is 5.26 Å². The highest BCUT2D eigenvalue weighted by Crippen LogP contribution is 2.59. The fraction of sp³-hybridized carbons (Fsp3) is 0.444. The predicted molar refractivity (Wildman–Crippen MR) is 180 cm³/mol. The molecule has 1 aliphatic carbocycles. The molecule has 6 rings (SSSR count). The summed E-state index contributed by atoms with van der Waals surface area (Å²) in [6, 6.07) is 18.1. The summed E-state index contributed by atoms with van der Waals surface area (Å²) in [4.78, 5) is 45.3. The molecule has 48 heavy (non-hydrogen) atoms. The minimum absolute atomic E-state index is 0.137. The number of imide groups is 1. The van der Waals surface area contributed by atoms with E-state index < -0.39 is 22.7 Å². The first-order valence-corrected chi connectivity index (χ1v) is 16.6. The van der Waals surface area contributed by atoms with Crippen LogP contribution in [0.15, 0.2) is 54.6 Å². The standard InChI is InChI=1S/C36H40ClN7O4/c1-35(2)33(36(3,4)34(35)48-24-10-9-22(20-38)27(37)19-24)44-30(45)14-11-26(32(44)47)25-8-6-5-7-23(25)21-42-15-17-43(18-16-42)29-13-12-28(31(39)46)40-41-29/h5-10,12-13,19,26,33-34H,11,14-18,21H2,1-4H3,(H2,39,46). The average Bonchev–Trinajstić information content (AvgIpc) is 3.06. The Morgan fingerprint density at radius 1 is 1.02 bits per heavy atom. The summed E-state index contributed by atoms with van der Waals surface area (Å²) in [6.07, 6.45) is 0.451. The van der Waals surface area contributed by atoms with Crippen LogP contribution in [0.4, 0.5) is 5.82 Å². The third-order valence-electron chi connectivity index (χ3n) is 10.2. The predicted octanol–water partition coefficient (Wildman–Crippen LogP) is 4.54. The maximum atomic E-state index is 14.4. The summed E-state index contributed by atoms with van der Waals surface area (Å²) in [6.45, 7) is 11.9. The van der Waals surface area contributed by atoms with Crippen LogP contribution in [-0.4, -0.2) is 76.0 Å². The Kier molecular flexibility index (Phi) is 8.92.